The molecule has 2 heterocycles. The number of rotatable bonds is 4. The second-order valence-electron chi connectivity index (χ2n) is 5.71. The molecule has 0 radical (unpaired) electrons. The van der Waals surface area contributed by atoms with E-state index in [1.807, 2.05) is 37.3 Å². The summed E-state index contributed by atoms with van der Waals surface area (Å²) in [6.45, 7) is 3.92. The van der Waals surface area contributed by atoms with Crippen molar-refractivity contribution < 1.29 is 9.59 Å². The van der Waals surface area contributed by atoms with Crippen molar-refractivity contribution in [2.45, 2.75) is 32.9 Å². The standard InChI is InChI=1S/C18H19N3O2S/c1-12-19-10-15(24-12)11-20-18(23)9-17-16-6-4-3-5-14(16)7-8-21(17)13(2)22/h3-8,10,17H,9,11H2,1-2H3,(H,20,23). The molecule has 2 amide bonds. The van der Waals surface area contributed by atoms with Gasteiger partial charge in [0.05, 0.1) is 24.0 Å². The number of nitrogens with zero attached hydrogens (tertiary/aromatic N) is 2. The van der Waals surface area contributed by atoms with Gasteiger partial charge in [0.25, 0.3) is 0 Å². The Bertz CT molecular complexity index is 797. The molecule has 0 bridgehead atoms. The van der Waals surface area contributed by atoms with Gasteiger partial charge in [-0.2, -0.15) is 0 Å². The zero-order chi connectivity index (χ0) is 17.1. The second-order valence-corrected chi connectivity index (χ2v) is 7.03. The SMILES string of the molecule is CC(=O)N1C=Cc2ccccc2C1CC(=O)NCc1cnc(C)s1. The number of amides is 2. The van der Waals surface area contributed by atoms with E-state index < -0.39 is 0 Å². The van der Waals surface area contributed by atoms with Gasteiger partial charge in [-0.05, 0) is 24.1 Å². The average molecular weight is 341 g/mol. The van der Waals surface area contributed by atoms with Gasteiger partial charge in [0.1, 0.15) is 0 Å². The minimum atomic E-state index is -0.271. The molecular formula is C18H19N3O2S. The van der Waals surface area contributed by atoms with Crippen molar-refractivity contribution in [3.63, 3.8) is 0 Å². The van der Waals surface area contributed by atoms with Crippen LogP contribution in [-0.2, 0) is 16.1 Å². The van der Waals surface area contributed by atoms with Gasteiger partial charge >= 0.3 is 0 Å². The van der Waals surface area contributed by atoms with Crippen molar-refractivity contribution in [2.75, 3.05) is 0 Å². The van der Waals surface area contributed by atoms with E-state index in [9.17, 15) is 9.59 Å². The maximum atomic E-state index is 12.4. The summed E-state index contributed by atoms with van der Waals surface area (Å²) in [6, 6.07) is 7.58. The lowest BCUT2D eigenvalue weighted by Crippen LogP contribution is -2.35. The Kier molecular flexibility index (Phi) is 4.76. The molecule has 1 N–H and O–H groups in total. The van der Waals surface area contributed by atoms with Crippen molar-refractivity contribution in [1.82, 2.24) is 15.2 Å². The number of nitrogens with one attached hydrogen (secondary N) is 1. The van der Waals surface area contributed by atoms with E-state index in [1.165, 1.54) is 6.92 Å². The minimum Gasteiger partial charge on any atom is -0.351 e. The number of fused-ring (bicyclic) bond motifs is 1. The molecule has 1 atom stereocenters. The Labute approximate surface area is 145 Å². The molecule has 24 heavy (non-hydrogen) atoms. The zero-order valence-corrected chi connectivity index (χ0v) is 14.5. The van der Waals surface area contributed by atoms with E-state index in [4.69, 9.17) is 0 Å². The molecule has 5 nitrogen and oxygen atoms in total. The molecule has 1 unspecified atom stereocenters. The van der Waals surface area contributed by atoms with Gasteiger partial charge in [-0.15, -0.1) is 11.3 Å². The summed E-state index contributed by atoms with van der Waals surface area (Å²) in [4.78, 5) is 31.1. The molecule has 1 aromatic heterocycles. The van der Waals surface area contributed by atoms with Crippen LogP contribution >= 0.6 is 11.3 Å². The molecule has 2 aromatic rings. The molecule has 3 rings (SSSR count). The Hall–Kier alpha value is -2.47. The molecule has 0 saturated carbocycles. The molecule has 0 aliphatic carbocycles. The highest BCUT2D eigenvalue weighted by molar-refractivity contribution is 7.11. The summed E-state index contributed by atoms with van der Waals surface area (Å²) in [5, 5.41) is 3.90. The van der Waals surface area contributed by atoms with Crippen molar-refractivity contribution >= 4 is 29.2 Å². The van der Waals surface area contributed by atoms with Crippen molar-refractivity contribution in [3.8, 4) is 0 Å². The lowest BCUT2D eigenvalue weighted by molar-refractivity contribution is -0.130. The van der Waals surface area contributed by atoms with E-state index in [2.05, 4.69) is 10.3 Å². The Morgan fingerprint density at radius 3 is 2.83 bits per heavy atom. The smallest absolute Gasteiger partial charge is 0.223 e. The fraction of sp³-hybridized carbons (Fsp3) is 0.278. The van der Waals surface area contributed by atoms with Crippen LogP contribution in [-0.4, -0.2) is 21.7 Å². The maximum Gasteiger partial charge on any atom is 0.223 e. The maximum absolute atomic E-state index is 12.4. The first kappa shape index (κ1) is 16.4. The van der Waals surface area contributed by atoms with E-state index in [-0.39, 0.29) is 24.3 Å². The molecule has 6 heteroatoms. The number of carbonyl (C=O) groups is 2. The highest BCUT2D eigenvalue weighted by Gasteiger charge is 2.28. The number of hydrogen-bond donors (Lipinski definition) is 1. The third-order valence-electron chi connectivity index (χ3n) is 3.98. The van der Waals surface area contributed by atoms with Crippen molar-refractivity contribution in [2.24, 2.45) is 0 Å². The first-order valence-corrected chi connectivity index (χ1v) is 8.60. The summed E-state index contributed by atoms with van der Waals surface area (Å²) in [6.07, 6.45) is 5.68. The van der Waals surface area contributed by atoms with Crippen LogP contribution in [0.3, 0.4) is 0 Å². The summed E-state index contributed by atoms with van der Waals surface area (Å²) in [7, 11) is 0. The lowest BCUT2D eigenvalue weighted by atomic mass is 9.93. The largest absolute Gasteiger partial charge is 0.351 e. The normalized spacial score (nSPS) is 15.9. The Balaban J connectivity index is 1.72. The molecule has 0 fully saturated rings. The molecule has 1 aromatic carbocycles. The van der Waals surface area contributed by atoms with E-state index in [1.54, 1.807) is 28.6 Å². The first-order chi connectivity index (χ1) is 11.5. The average Bonchev–Trinajstić information content (AvgIpc) is 2.98. The van der Waals surface area contributed by atoms with Crippen LogP contribution < -0.4 is 5.32 Å². The third-order valence-corrected chi connectivity index (χ3v) is 4.89. The second kappa shape index (κ2) is 6.97. The van der Waals surface area contributed by atoms with Crippen molar-refractivity contribution in [3.05, 3.63) is 57.7 Å². The Morgan fingerprint density at radius 1 is 1.33 bits per heavy atom. The van der Waals surface area contributed by atoms with Crippen LogP contribution in [0.4, 0.5) is 0 Å². The highest BCUT2D eigenvalue weighted by Crippen LogP contribution is 2.32. The van der Waals surface area contributed by atoms with E-state index >= 15 is 0 Å². The van der Waals surface area contributed by atoms with Gasteiger partial charge in [-0.1, -0.05) is 24.3 Å². The van der Waals surface area contributed by atoms with E-state index in [0.717, 1.165) is 21.0 Å². The van der Waals surface area contributed by atoms with Crippen LogP contribution in [0, 0.1) is 6.92 Å². The molecule has 124 valence electrons. The number of hydrogen-bond acceptors (Lipinski definition) is 4. The van der Waals surface area contributed by atoms with Crippen LogP contribution in [0.1, 0.15) is 40.4 Å². The highest BCUT2D eigenvalue weighted by atomic mass is 32.1. The van der Waals surface area contributed by atoms with Gasteiger partial charge in [0.15, 0.2) is 0 Å². The van der Waals surface area contributed by atoms with Crippen LogP contribution in [0.2, 0.25) is 0 Å². The van der Waals surface area contributed by atoms with Gasteiger partial charge < -0.3 is 10.2 Å². The van der Waals surface area contributed by atoms with Crippen molar-refractivity contribution in [1.29, 1.82) is 0 Å². The summed E-state index contributed by atoms with van der Waals surface area (Å²) >= 11 is 1.57. The quantitative estimate of drug-likeness (QED) is 0.930. The summed E-state index contributed by atoms with van der Waals surface area (Å²) < 4.78 is 0. The number of carbonyl (C=O) groups excluding carboxylic acids is 2. The predicted molar refractivity (Wildman–Crippen MR) is 94.1 cm³/mol. The number of thiazole rings is 1. The van der Waals surface area contributed by atoms with Gasteiger partial charge in [-0.3, -0.25) is 9.59 Å². The van der Waals surface area contributed by atoms with Crippen LogP contribution in [0.15, 0.2) is 36.7 Å². The number of benzene rings is 1. The van der Waals surface area contributed by atoms with Gasteiger partial charge in [0, 0.05) is 24.2 Å². The molecule has 0 saturated heterocycles. The third kappa shape index (κ3) is 3.54. The predicted octanol–water partition coefficient (Wildman–Crippen LogP) is 3.03. The summed E-state index contributed by atoms with van der Waals surface area (Å²) in [5.41, 5.74) is 2.05. The van der Waals surface area contributed by atoms with E-state index in [0.29, 0.717) is 6.54 Å². The molecule has 1 aliphatic heterocycles. The van der Waals surface area contributed by atoms with Crippen LogP contribution in [0.25, 0.3) is 6.08 Å². The molecule has 1 aliphatic rings. The fourth-order valence-electron chi connectivity index (χ4n) is 2.83. The fourth-order valence-corrected chi connectivity index (χ4v) is 3.57. The monoisotopic (exact) mass is 341 g/mol. The molecular weight excluding hydrogens is 322 g/mol. The Morgan fingerprint density at radius 2 is 2.12 bits per heavy atom. The minimum absolute atomic E-state index is 0.0726. The molecule has 0 spiro atoms. The number of aryl methyl sites for hydroxylation is 1. The zero-order valence-electron chi connectivity index (χ0n) is 13.7. The first-order valence-electron chi connectivity index (χ1n) is 7.78. The topological polar surface area (TPSA) is 62.3 Å². The van der Waals surface area contributed by atoms with Gasteiger partial charge in [0.2, 0.25) is 11.8 Å². The van der Waals surface area contributed by atoms with Crippen LogP contribution in [0.5, 0.6) is 0 Å². The number of aromatic nitrogens is 1. The van der Waals surface area contributed by atoms with Gasteiger partial charge in [-0.25, -0.2) is 4.98 Å². The summed E-state index contributed by atoms with van der Waals surface area (Å²) in [5.74, 6) is -0.154. The lowest BCUT2D eigenvalue weighted by Gasteiger charge is -2.32.